The third-order valence-electron chi connectivity index (χ3n) is 3.69. The molecular weight excluding hydrogens is 228 g/mol. The van der Waals surface area contributed by atoms with Crippen molar-refractivity contribution in [3.8, 4) is 0 Å². The van der Waals surface area contributed by atoms with E-state index in [1.165, 1.54) is 10.4 Å². The van der Waals surface area contributed by atoms with Crippen molar-refractivity contribution in [3.05, 3.63) is 57.8 Å². The highest BCUT2D eigenvalue weighted by atomic mass is 32.1. The maximum Gasteiger partial charge on any atom is 0.0905 e. The van der Waals surface area contributed by atoms with Gasteiger partial charge >= 0.3 is 0 Å². The van der Waals surface area contributed by atoms with Crippen molar-refractivity contribution in [1.82, 2.24) is 0 Å². The van der Waals surface area contributed by atoms with E-state index in [-0.39, 0.29) is 0 Å². The van der Waals surface area contributed by atoms with Crippen LogP contribution in [0.25, 0.3) is 0 Å². The lowest BCUT2D eigenvalue weighted by Gasteiger charge is -2.23. The molecule has 1 aromatic carbocycles. The molecule has 1 N–H and O–H groups in total. The van der Waals surface area contributed by atoms with Crippen molar-refractivity contribution in [3.63, 3.8) is 0 Å². The first-order valence-corrected chi connectivity index (χ1v) is 6.99. The maximum absolute atomic E-state index is 10.7. The molecule has 0 spiro atoms. The molecule has 0 fully saturated rings. The number of hydrogen-bond donors (Lipinski definition) is 1. The lowest BCUT2D eigenvalue weighted by molar-refractivity contribution is 0.0299. The Morgan fingerprint density at radius 1 is 1.18 bits per heavy atom. The second-order valence-electron chi connectivity index (χ2n) is 4.77. The summed E-state index contributed by atoms with van der Waals surface area (Å²) in [6, 6.07) is 12.5. The molecule has 0 saturated carbocycles. The zero-order valence-corrected chi connectivity index (χ0v) is 10.5. The molecule has 1 unspecified atom stereocenters. The molecule has 1 heterocycles. The van der Waals surface area contributed by atoms with Crippen LogP contribution in [0.2, 0.25) is 0 Å². The van der Waals surface area contributed by atoms with Crippen molar-refractivity contribution in [2.24, 2.45) is 0 Å². The lowest BCUT2D eigenvalue weighted by Crippen LogP contribution is -2.22. The molecule has 2 heteroatoms. The molecule has 2 aromatic rings. The maximum atomic E-state index is 10.7. The minimum Gasteiger partial charge on any atom is -0.385 e. The van der Waals surface area contributed by atoms with Crippen LogP contribution in [0.4, 0.5) is 0 Å². The van der Waals surface area contributed by atoms with Crippen LogP contribution < -0.4 is 0 Å². The summed E-state index contributed by atoms with van der Waals surface area (Å²) in [7, 11) is 0. The number of hydrogen-bond acceptors (Lipinski definition) is 2. The van der Waals surface area contributed by atoms with Gasteiger partial charge in [-0.25, -0.2) is 0 Å². The van der Waals surface area contributed by atoms with Gasteiger partial charge in [0.05, 0.1) is 5.60 Å². The first-order chi connectivity index (χ1) is 8.28. The van der Waals surface area contributed by atoms with Gasteiger partial charge < -0.3 is 5.11 Å². The van der Waals surface area contributed by atoms with Crippen LogP contribution >= 0.6 is 11.3 Å². The minimum atomic E-state index is -0.597. The predicted molar refractivity (Wildman–Crippen MR) is 71.3 cm³/mol. The number of aliphatic hydroxyl groups is 1. The molecule has 1 aromatic heterocycles. The van der Waals surface area contributed by atoms with Crippen molar-refractivity contribution in [2.75, 3.05) is 0 Å². The van der Waals surface area contributed by atoms with E-state index in [2.05, 4.69) is 35.7 Å². The van der Waals surface area contributed by atoms with Crippen molar-refractivity contribution in [2.45, 2.75) is 31.3 Å². The summed E-state index contributed by atoms with van der Waals surface area (Å²) in [5.41, 5.74) is 1.87. The van der Waals surface area contributed by atoms with Crippen molar-refractivity contribution < 1.29 is 5.11 Å². The van der Waals surface area contributed by atoms with E-state index in [0.717, 1.165) is 31.2 Å². The average molecular weight is 244 g/mol. The summed E-state index contributed by atoms with van der Waals surface area (Å²) in [5.74, 6) is 0. The van der Waals surface area contributed by atoms with Gasteiger partial charge in [0.25, 0.3) is 0 Å². The average Bonchev–Trinajstić information content (AvgIpc) is 2.97. The smallest absolute Gasteiger partial charge is 0.0905 e. The Bertz CT molecular complexity index is 503. The second kappa shape index (κ2) is 4.28. The number of aryl methyl sites for hydroxylation is 2. The van der Waals surface area contributed by atoms with Gasteiger partial charge in [0.1, 0.15) is 0 Å². The predicted octanol–water partition coefficient (Wildman–Crippen LogP) is 3.51. The number of benzene rings is 1. The molecule has 0 aliphatic heterocycles. The van der Waals surface area contributed by atoms with Gasteiger partial charge in [-0.2, -0.15) is 0 Å². The number of fused-ring (bicyclic) bond motifs is 1. The fraction of sp³-hybridized carbons (Fsp3) is 0.333. The third kappa shape index (κ3) is 2.03. The van der Waals surface area contributed by atoms with E-state index in [1.807, 2.05) is 6.07 Å². The van der Waals surface area contributed by atoms with Crippen LogP contribution in [-0.2, 0) is 18.4 Å². The van der Waals surface area contributed by atoms with Crippen LogP contribution in [-0.4, -0.2) is 5.11 Å². The number of rotatable bonds is 3. The Balaban J connectivity index is 1.79. The molecule has 0 radical (unpaired) electrons. The molecule has 1 nitrogen and oxygen atoms in total. The zero-order chi connectivity index (χ0) is 11.7. The van der Waals surface area contributed by atoms with Gasteiger partial charge in [0.2, 0.25) is 0 Å². The molecule has 0 amide bonds. The quantitative estimate of drug-likeness (QED) is 0.876. The highest BCUT2D eigenvalue weighted by molar-refractivity contribution is 7.09. The Morgan fingerprint density at radius 2 is 2.06 bits per heavy atom. The van der Waals surface area contributed by atoms with Gasteiger partial charge in [-0.3, -0.25) is 0 Å². The van der Waals surface area contributed by atoms with Crippen molar-refractivity contribution >= 4 is 11.3 Å². The molecule has 1 aliphatic rings. The first-order valence-electron chi connectivity index (χ1n) is 6.11. The van der Waals surface area contributed by atoms with Gasteiger partial charge in [0.15, 0.2) is 0 Å². The fourth-order valence-corrected chi connectivity index (χ4v) is 3.42. The molecule has 3 rings (SSSR count). The van der Waals surface area contributed by atoms with Gasteiger partial charge in [0, 0.05) is 4.88 Å². The second-order valence-corrected chi connectivity index (χ2v) is 5.80. The van der Waals surface area contributed by atoms with Gasteiger partial charge in [-0.05, 0) is 48.3 Å². The highest BCUT2D eigenvalue weighted by Gasteiger charge is 2.35. The minimum absolute atomic E-state index is 0.597. The van der Waals surface area contributed by atoms with Crippen LogP contribution in [0.5, 0.6) is 0 Å². The molecule has 0 saturated heterocycles. The molecule has 0 bridgehead atoms. The summed E-state index contributed by atoms with van der Waals surface area (Å²) >= 11 is 1.78. The summed E-state index contributed by atoms with van der Waals surface area (Å²) in [6.45, 7) is 0. The Hall–Kier alpha value is -1.12. The largest absolute Gasteiger partial charge is 0.385 e. The highest BCUT2D eigenvalue weighted by Crippen LogP contribution is 2.40. The van der Waals surface area contributed by atoms with Crippen LogP contribution in [0.15, 0.2) is 41.8 Å². The molecule has 1 atom stereocenters. The fourth-order valence-electron chi connectivity index (χ4n) is 2.71. The van der Waals surface area contributed by atoms with E-state index in [4.69, 9.17) is 0 Å². The summed E-state index contributed by atoms with van der Waals surface area (Å²) in [6.07, 6.45) is 3.70. The first kappa shape index (κ1) is 11.0. The van der Waals surface area contributed by atoms with Gasteiger partial charge in [-0.15, -0.1) is 11.3 Å². The monoisotopic (exact) mass is 244 g/mol. The number of thiophene rings is 1. The van der Waals surface area contributed by atoms with Crippen LogP contribution in [0.3, 0.4) is 0 Å². The Labute approximate surface area is 106 Å². The molecule has 88 valence electrons. The Kier molecular flexibility index (Phi) is 2.77. The zero-order valence-electron chi connectivity index (χ0n) is 9.73. The molecule has 17 heavy (non-hydrogen) atoms. The summed E-state index contributed by atoms with van der Waals surface area (Å²) in [5, 5.41) is 12.8. The molecular formula is C15H16OS. The molecule has 1 aliphatic carbocycles. The van der Waals surface area contributed by atoms with Crippen molar-refractivity contribution in [1.29, 1.82) is 0 Å². The standard InChI is InChI=1S/C15H16OS/c16-15(10-8-13-5-3-11-17-13)9-7-12-4-1-2-6-14(12)15/h1-6,11,16H,7-10H2. The van der Waals surface area contributed by atoms with Crippen LogP contribution in [0.1, 0.15) is 28.8 Å². The third-order valence-corrected chi connectivity index (χ3v) is 4.63. The summed E-state index contributed by atoms with van der Waals surface area (Å²) in [4.78, 5) is 1.36. The van der Waals surface area contributed by atoms with E-state index in [9.17, 15) is 5.11 Å². The van der Waals surface area contributed by atoms with Crippen LogP contribution in [0, 0.1) is 0 Å². The van der Waals surface area contributed by atoms with E-state index < -0.39 is 5.60 Å². The lowest BCUT2D eigenvalue weighted by atomic mass is 9.90. The Morgan fingerprint density at radius 3 is 2.88 bits per heavy atom. The van der Waals surface area contributed by atoms with E-state index in [1.54, 1.807) is 11.3 Å². The normalized spacial score (nSPS) is 22.6. The van der Waals surface area contributed by atoms with Gasteiger partial charge in [-0.1, -0.05) is 30.3 Å². The SMILES string of the molecule is OC1(CCc2cccs2)CCc2ccccc21. The summed E-state index contributed by atoms with van der Waals surface area (Å²) < 4.78 is 0. The topological polar surface area (TPSA) is 20.2 Å². The van der Waals surface area contributed by atoms with E-state index >= 15 is 0 Å². The van der Waals surface area contributed by atoms with E-state index in [0.29, 0.717) is 0 Å².